The molecule has 0 aliphatic heterocycles. The third-order valence-corrected chi connectivity index (χ3v) is 6.76. The molecule has 6 aromatic rings. The van der Waals surface area contributed by atoms with E-state index in [1.807, 2.05) is 23.5 Å². The highest BCUT2D eigenvalue weighted by Gasteiger charge is 2.23. The van der Waals surface area contributed by atoms with Gasteiger partial charge in [0.25, 0.3) is 0 Å². The van der Waals surface area contributed by atoms with E-state index in [0.29, 0.717) is 0 Å². The Bertz CT molecular complexity index is 1480. The first-order valence-electron chi connectivity index (χ1n) is 10.1. The highest BCUT2D eigenvalue weighted by molar-refractivity contribution is 7.17. The molecule has 4 aromatic carbocycles. The number of para-hydroxylation sites is 1. The highest BCUT2D eigenvalue weighted by atomic mass is 32.1. The van der Waals surface area contributed by atoms with Gasteiger partial charge in [0.2, 0.25) is 0 Å². The fourth-order valence-corrected chi connectivity index (χ4v) is 5.38. The number of benzene rings is 4. The summed E-state index contributed by atoms with van der Waals surface area (Å²) in [4.78, 5) is 0. The largest absolute Gasteiger partial charge is 0.237 e. The van der Waals surface area contributed by atoms with E-state index in [2.05, 4.69) is 99.2 Å². The van der Waals surface area contributed by atoms with Crippen LogP contribution < -0.4 is 0 Å². The van der Waals surface area contributed by atoms with Crippen molar-refractivity contribution in [2.45, 2.75) is 12.5 Å². The van der Waals surface area contributed by atoms with Gasteiger partial charge in [-0.2, -0.15) is 0 Å². The molecule has 0 saturated heterocycles. The normalized spacial score (nSPS) is 12.7. The molecule has 0 aliphatic carbocycles. The molecule has 2 aromatic heterocycles. The summed E-state index contributed by atoms with van der Waals surface area (Å²) in [6.07, 6.45) is 0.864. The van der Waals surface area contributed by atoms with Gasteiger partial charge in [0, 0.05) is 10.1 Å². The van der Waals surface area contributed by atoms with Crippen molar-refractivity contribution >= 4 is 43.2 Å². The Kier molecular flexibility index (Phi) is 4.10. The molecule has 6 rings (SSSR count). The lowest BCUT2D eigenvalue weighted by Gasteiger charge is -2.19. The minimum Gasteiger partial charge on any atom is -0.237 e. The molecule has 0 saturated carbocycles. The number of rotatable bonds is 4. The average Bonchev–Trinajstić information content (AvgIpc) is 3.43. The summed E-state index contributed by atoms with van der Waals surface area (Å²) in [5.41, 5.74) is 4.60. The van der Waals surface area contributed by atoms with E-state index < -0.39 is 0 Å². The van der Waals surface area contributed by atoms with Crippen molar-refractivity contribution in [3.05, 3.63) is 108 Å². The average molecular weight is 406 g/mol. The lowest BCUT2D eigenvalue weighted by molar-refractivity contribution is 0.523. The molecule has 4 heteroatoms. The summed E-state index contributed by atoms with van der Waals surface area (Å²) in [5, 5.41) is 15.3. The third kappa shape index (κ3) is 2.80. The minimum atomic E-state index is 0.0688. The summed E-state index contributed by atoms with van der Waals surface area (Å²) in [6.45, 7) is 0. The Hall–Kier alpha value is -3.50. The number of thiophene rings is 1. The summed E-state index contributed by atoms with van der Waals surface area (Å²) in [7, 11) is 0. The number of hydrogen-bond donors (Lipinski definition) is 0. The molecule has 2 heterocycles. The zero-order valence-electron chi connectivity index (χ0n) is 16.3. The molecular weight excluding hydrogens is 386 g/mol. The first-order chi connectivity index (χ1) is 14.9. The third-order valence-electron chi connectivity index (χ3n) is 5.80. The maximum Gasteiger partial charge on any atom is 0.113 e. The van der Waals surface area contributed by atoms with Gasteiger partial charge in [-0.05, 0) is 51.9 Å². The van der Waals surface area contributed by atoms with E-state index in [1.54, 1.807) is 0 Å². The van der Waals surface area contributed by atoms with E-state index in [-0.39, 0.29) is 6.04 Å². The Morgan fingerprint density at radius 3 is 2.53 bits per heavy atom. The SMILES string of the molecule is c1ccc(CC(c2csc3ccc4ccccc4c23)n2nnc3ccccc32)cc1. The molecule has 0 aliphatic rings. The van der Waals surface area contributed by atoms with Crippen LogP contribution in [0.4, 0.5) is 0 Å². The molecule has 0 spiro atoms. The van der Waals surface area contributed by atoms with E-state index >= 15 is 0 Å². The summed E-state index contributed by atoms with van der Waals surface area (Å²) < 4.78 is 3.41. The van der Waals surface area contributed by atoms with Crippen LogP contribution in [-0.4, -0.2) is 15.0 Å². The molecule has 0 bridgehead atoms. The van der Waals surface area contributed by atoms with Crippen LogP contribution in [0.5, 0.6) is 0 Å². The van der Waals surface area contributed by atoms with Gasteiger partial charge in [-0.15, -0.1) is 16.4 Å². The van der Waals surface area contributed by atoms with Crippen molar-refractivity contribution in [3.63, 3.8) is 0 Å². The fourth-order valence-electron chi connectivity index (χ4n) is 4.36. The molecule has 3 nitrogen and oxygen atoms in total. The van der Waals surface area contributed by atoms with Crippen molar-refractivity contribution in [1.82, 2.24) is 15.0 Å². The molecule has 30 heavy (non-hydrogen) atoms. The van der Waals surface area contributed by atoms with E-state index in [9.17, 15) is 0 Å². The van der Waals surface area contributed by atoms with Gasteiger partial charge in [-0.3, -0.25) is 0 Å². The minimum absolute atomic E-state index is 0.0688. The van der Waals surface area contributed by atoms with Gasteiger partial charge in [0.05, 0.1) is 11.6 Å². The van der Waals surface area contributed by atoms with Crippen LogP contribution >= 0.6 is 11.3 Å². The van der Waals surface area contributed by atoms with Gasteiger partial charge < -0.3 is 0 Å². The number of aromatic nitrogens is 3. The van der Waals surface area contributed by atoms with Crippen molar-refractivity contribution in [3.8, 4) is 0 Å². The Morgan fingerprint density at radius 2 is 1.60 bits per heavy atom. The number of fused-ring (bicyclic) bond motifs is 4. The molecule has 0 amide bonds. The van der Waals surface area contributed by atoms with Crippen LogP contribution in [-0.2, 0) is 6.42 Å². The van der Waals surface area contributed by atoms with Crippen LogP contribution in [0, 0.1) is 0 Å². The Morgan fingerprint density at radius 1 is 0.800 bits per heavy atom. The maximum atomic E-state index is 4.61. The first-order valence-corrected chi connectivity index (χ1v) is 11.0. The highest BCUT2D eigenvalue weighted by Crippen LogP contribution is 2.39. The van der Waals surface area contributed by atoms with Gasteiger partial charge in [0.1, 0.15) is 5.52 Å². The van der Waals surface area contributed by atoms with Crippen LogP contribution in [0.2, 0.25) is 0 Å². The van der Waals surface area contributed by atoms with Gasteiger partial charge in [0.15, 0.2) is 0 Å². The lowest BCUT2D eigenvalue weighted by atomic mass is 9.95. The topological polar surface area (TPSA) is 30.7 Å². The zero-order chi connectivity index (χ0) is 19.9. The van der Waals surface area contributed by atoms with Crippen molar-refractivity contribution in [2.75, 3.05) is 0 Å². The smallest absolute Gasteiger partial charge is 0.113 e. The second kappa shape index (κ2) is 7.08. The van der Waals surface area contributed by atoms with Crippen molar-refractivity contribution < 1.29 is 0 Å². The van der Waals surface area contributed by atoms with Gasteiger partial charge >= 0.3 is 0 Å². The molecule has 0 radical (unpaired) electrons. The van der Waals surface area contributed by atoms with Crippen LogP contribution in [0.3, 0.4) is 0 Å². The second-order valence-electron chi connectivity index (χ2n) is 7.58. The van der Waals surface area contributed by atoms with E-state index in [4.69, 9.17) is 0 Å². The maximum absolute atomic E-state index is 4.61. The first kappa shape index (κ1) is 17.4. The quantitative estimate of drug-likeness (QED) is 0.329. The van der Waals surface area contributed by atoms with E-state index in [0.717, 1.165) is 17.5 Å². The Labute approximate surface area is 178 Å². The van der Waals surface area contributed by atoms with Crippen LogP contribution in [0.25, 0.3) is 31.9 Å². The molecule has 0 fully saturated rings. The molecular formula is C26H19N3S. The standard InChI is InChI=1S/C26H19N3S/c1-2-8-18(9-3-1)16-24(29-23-13-7-6-12-22(23)27-28-29)21-17-30-25-15-14-19-10-4-5-11-20(19)26(21)25/h1-15,17,24H,16H2. The zero-order valence-corrected chi connectivity index (χ0v) is 17.1. The Balaban J connectivity index is 1.62. The summed E-state index contributed by atoms with van der Waals surface area (Å²) in [6, 6.07) is 32.0. The molecule has 1 atom stereocenters. The second-order valence-corrected chi connectivity index (χ2v) is 8.49. The van der Waals surface area contributed by atoms with Crippen LogP contribution in [0.15, 0.2) is 96.4 Å². The monoisotopic (exact) mass is 405 g/mol. The predicted octanol–water partition coefficient (Wildman–Crippen LogP) is 6.63. The summed E-state index contributed by atoms with van der Waals surface area (Å²) in [5.74, 6) is 0. The number of nitrogens with zero attached hydrogens (tertiary/aromatic N) is 3. The fraction of sp³-hybridized carbons (Fsp3) is 0.0769. The molecule has 0 N–H and O–H groups in total. The predicted molar refractivity (Wildman–Crippen MR) is 125 cm³/mol. The van der Waals surface area contributed by atoms with E-state index in [1.165, 1.54) is 32.0 Å². The summed E-state index contributed by atoms with van der Waals surface area (Å²) >= 11 is 1.81. The molecule has 144 valence electrons. The van der Waals surface area contributed by atoms with Gasteiger partial charge in [-0.25, -0.2) is 4.68 Å². The van der Waals surface area contributed by atoms with Gasteiger partial charge in [-0.1, -0.05) is 78.0 Å². The lowest BCUT2D eigenvalue weighted by Crippen LogP contribution is -2.15. The van der Waals surface area contributed by atoms with Crippen molar-refractivity contribution in [1.29, 1.82) is 0 Å². The van der Waals surface area contributed by atoms with Crippen molar-refractivity contribution in [2.24, 2.45) is 0 Å². The van der Waals surface area contributed by atoms with Crippen LogP contribution in [0.1, 0.15) is 17.2 Å². The number of hydrogen-bond acceptors (Lipinski definition) is 3. The molecule has 1 unspecified atom stereocenters.